The number of urea groups is 1. The van der Waals surface area contributed by atoms with Gasteiger partial charge in [0.15, 0.2) is 5.78 Å². The van der Waals surface area contributed by atoms with Gasteiger partial charge in [-0.3, -0.25) is 19.3 Å². The van der Waals surface area contributed by atoms with Gasteiger partial charge in [-0.25, -0.2) is 4.79 Å². The lowest BCUT2D eigenvalue weighted by Gasteiger charge is -2.19. The largest absolute Gasteiger partial charge is 0.325 e. The van der Waals surface area contributed by atoms with Crippen LogP contribution in [-0.2, 0) is 22.4 Å². The Morgan fingerprint density at radius 1 is 1.06 bits per heavy atom. The van der Waals surface area contributed by atoms with Crippen molar-refractivity contribution >= 4 is 40.0 Å². The Morgan fingerprint density at radius 2 is 1.76 bits per heavy atom. The van der Waals surface area contributed by atoms with Gasteiger partial charge in [0.1, 0.15) is 17.1 Å². The molecule has 7 nitrogen and oxygen atoms in total. The molecule has 0 radical (unpaired) electrons. The van der Waals surface area contributed by atoms with Crippen LogP contribution in [0.2, 0.25) is 0 Å². The van der Waals surface area contributed by atoms with Gasteiger partial charge in [0, 0.05) is 10.4 Å². The van der Waals surface area contributed by atoms with Gasteiger partial charge in [-0.05, 0) is 51.0 Å². The van der Waals surface area contributed by atoms with E-state index in [2.05, 4.69) is 10.6 Å². The molecule has 0 atom stereocenters. The summed E-state index contributed by atoms with van der Waals surface area (Å²) in [5.74, 6) is -0.892. The second-order valence-corrected chi connectivity index (χ2v) is 10.4. The van der Waals surface area contributed by atoms with Gasteiger partial charge in [0.2, 0.25) is 5.91 Å². The summed E-state index contributed by atoms with van der Waals surface area (Å²) in [4.78, 5) is 53.9. The van der Waals surface area contributed by atoms with Gasteiger partial charge in [0.25, 0.3) is 5.91 Å². The summed E-state index contributed by atoms with van der Waals surface area (Å²) in [6, 6.07) is 6.91. The summed E-state index contributed by atoms with van der Waals surface area (Å²) in [6.45, 7) is 1.62. The van der Waals surface area contributed by atoms with Crippen molar-refractivity contribution in [3.05, 3.63) is 51.4 Å². The lowest BCUT2D eigenvalue weighted by atomic mass is 9.91. The number of ketones is 1. The lowest BCUT2D eigenvalue weighted by molar-refractivity contribution is -0.133. The van der Waals surface area contributed by atoms with Crippen LogP contribution in [-0.4, -0.2) is 40.6 Å². The third-order valence-corrected chi connectivity index (χ3v) is 8.18. The van der Waals surface area contributed by atoms with Crippen molar-refractivity contribution in [3.8, 4) is 0 Å². The number of nitrogens with zero attached hydrogens (tertiary/aromatic N) is 1. The summed E-state index contributed by atoms with van der Waals surface area (Å²) in [5, 5.41) is 6.18. The Morgan fingerprint density at radius 3 is 2.48 bits per heavy atom. The SMILES string of the molecule is Cc1ccc(C(=O)c2c(NC(=O)CN3C(=O)NC4(CCCC4)C3=O)sc3c2CCCC3)cc1. The molecule has 8 heteroatoms. The van der Waals surface area contributed by atoms with Crippen molar-refractivity contribution in [2.24, 2.45) is 0 Å². The molecule has 2 aromatic rings. The zero-order valence-electron chi connectivity index (χ0n) is 18.7. The Balaban J connectivity index is 1.39. The predicted octanol–water partition coefficient (Wildman–Crippen LogP) is 3.97. The lowest BCUT2D eigenvalue weighted by Crippen LogP contribution is -2.44. The molecule has 5 rings (SSSR count). The van der Waals surface area contributed by atoms with E-state index in [9.17, 15) is 19.2 Å². The highest BCUT2D eigenvalue weighted by Gasteiger charge is 2.52. The van der Waals surface area contributed by atoms with Crippen molar-refractivity contribution in [2.45, 2.75) is 63.8 Å². The van der Waals surface area contributed by atoms with Gasteiger partial charge < -0.3 is 10.6 Å². The molecule has 1 aromatic heterocycles. The summed E-state index contributed by atoms with van der Waals surface area (Å²) >= 11 is 1.44. The smallest absolute Gasteiger partial charge is 0.323 e. The number of hydrogen-bond donors (Lipinski definition) is 2. The van der Waals surface area contributed by atoms with E-state index in [-0.39, 0.29) is 18.2 Å². The summed E-state index contributed by atoms with van der Waals surface area (Å²) < 4.78 is 0. The van der Waals surface area contributed by atoms with Crippen molar-refractivity contribution in [3.63, 3.8) is 0 Å². The molecule has 0 bridgehead atoms. The number of nitrogens with one attached hydrogen (secondary N) is 2. The Labute approximate surface area is 196 Å². The van der Waals surface area contributed by atoms with Crippen molar-refractivity contribution in [1.82, 2.24) is 10.2 Å². The standard InChI is InChI=1S/C25H27N3O4S/c1-15-8-10-16(11-9-15)21(30)20-17-6-2-3-7-18(17)33-22(20)26-19(29)14-28-23(31)25(27-24(28)32)12-4-5-13-25/h8-11H,2-7,12-14H2,1H3,(H,26,29)(H,27,32). The first-order chi connectivity index (χ1) is 15.9. The van der Waals surface area contributed by atoms with Crippen LogP contribution >= 0.6 is 11.3 Å². The minimum absolute atomic E-state index is 0.107. The van der Waals surface area contributed by atoms with Crippen LogP contribution in [0, 0.1) is 6.92 Å². The van der Waals surface area contributed by atoms with Crippen LogP contribution in [0.5, 0.6) is 0 Å². The molecule has 2 N–H and O–H groups in total. The van der Waals surface area contributed by atoms with Crippen molar-refractivity contribution in [1.29, 1.82) is 0 Å². The number of benzene rings is 1. The van der Waals surface area contributed by atoms with Gasteiger partial charge in [-0.15, -0.1) is 11.3 Å². The molecule has 1 spiro atoms. The van der Waals surface area contributed by atoms with E-state index in [4.69, 9.17) is 0 Å². The van der Waals surface area contributed by atoms with E-state index in [0.29, 0.717) is 29.0 Å². The Bertz CT molecular complexity index is 1150. The highest BCUT2D eigenvalue weighted by atomic mass is 32.1. The maximum atomic E-state index is 13.4. The monoisotopic (exact) mass is 465 g/mol. The number of anilines is 1. The van der Waals surface area contributed by atoms with Crippen LogP contribution in [0.3, 0.4) is 0 Å². The third kappa shape index (κ3) is 3.86. The number of thiophene rings is 1. The number of aryl methyl sites for hydroxylation is 2. The second-order valence-electron chi connectivity index (χ2n) is 9.27. The van der Waals surface area contributed by atoms with Crippen LogP contribution in [0.4, 0.5) is 9.80 Å². The van der Waals surface area contributed by atoms with E-state index >= 15 is 0 Å². The van der Waals surface area contributed by atoms with E-state index in [1.807, 2.05) is 31.2 Å². The van der Waals surface area contributed by atoms with E-state index in [1.54, 1.807) is 0 Å². The molecule has 172 valence electrons. The molecule has 1 saturated heterocycles. The van der Waals surface area contributed by atoms with Crippen LogP contribution in [0.25, 0.3) is 0 Å². The number of imide groups is 1. The fourth-order valence-corrected chi connectivity index (χ4v) is 6.49. The molecule has 0 unspecified atom stereocenters. The van der Waals surface area contributed by atoms with E-state index in [0.717, 1.165) is 59.4 Å². The molecule has 4 amide bonds. The second kappa shape index (κ2) is 8.41. The van der Waals surface area contributed by atoms with Crippen LogP contribution in [0.15, 0.2) is 24.3 Å². The van der Waals surface area contributed by atoms with Crippen molar-refractivity contribution < 1.29 is 19.2 Å². The fraction of sp³-hybridized carbons (Fsp3) is 0.440. The third-order valence-electron chi connectivity index (χ3n) is 6.97. The van der Waals surface area contributed by atoms with E-state index < -0.39 is 17.5 Å². The first-order valence-electron chi connectivity index (χ1n) is 11.6. The predicted molar refractivity (Wildman–Crippen MR) is 126 cm³/mol. The van der Waals surface area contributed by atoms with Gasteiger partial charge in [-0.2, -0.15) is 0 Å². The van der Waals surface area contributed by atoms with Gasteiger partial charge in [-0.1, -0.05) is 42.7 Å². The highest BCUT2D eigenvalue weighted by molar-refractivity contribution is 7.17. The van der Waals surface area contributed by atoms with Crippen LogP contribution < -0.4 is 10.6 Å². The Hall–Kier alpha value is -3.00. The highest BCUT2D eigenvalue weighted by Crippen LogP contribution is 2.40. The molecule has 2 aliphatic carbocycles. The molecule has 3 aliphatic rings. The van der Waals surface area contributed by atoms with Crippen molar-refractivity contribution in [2.75, 3.05) is 11.9 Å². The summed E-state index contributed by atoms with van der Waals surface area (Å²) in [5.41, 5.74) is 2.38. The molecule has 33 heavy (non-hydrogen) atoms. The quantitative estimate of drug-likeness (QED) is 0.516. The number of hydrogen-bond acceptors (Lipinski definition) is 5. The summed E-state index contributed by atoms with van der Waals surface area (Å²) in [7, 11) is 0. The Kier molecular flexibility index (Phi) is 5.56. The average Bonchev–Trinajstić information content (AvgIpc) is 3.47. The number of fused-ring (bicyclic) bond motifs is 1. The fourth-order valence-electron chi connectivity index (χ4n) is 5.19. The van der Waals surface area contributed by atoms with E-state index in [1.165, 1.54) is 11.3 Å². The molecule has 1 saturated carbocycles. The molecule has 2 heterocycles. The molecule has 2 fully saturated rings. The number of rotatable bonds is 5. The molecular weight excluding hydrogens is 438 g/mol. The summed E-state index contributed by atoms with van der Waals surface area (Å²) in [6.07, 6.45) is 6.77. The maximum Gasteiger partial charge on any atom is 0.325 e. The minimum Gasteiger partial charge on any atom is -0.323 e. The number of amides is 4. The van der Waals surface area contributed by atoms with Crippen LogP contribution in [0.1, 0.15) is 70.5 Å². The molecule has 1 aromatic carbocycles. The number of carbonyl (C=O) groups excluding carboxylic acids is 4. The first-order valence-corrected chi connectivity index (χ1v) is 12.4. The number of carbonyl (C=O) groups is 4. The maximum absolute atomic E-state index is 13.4. The molecule has 1 aliphatic heterocycles. The average molecular weight is 466 g/mol. The van der Waals surface area contributed by atoms with Gasteiger partial charge in [0.05, 0.1) is 5.56 Å². The van der Waals surface area contributed by atoms with Gasteiger partial charge >= 0.3 is 6.03 Å². The normalized spacial score (nSPS) is 19.0. The zero-order chi connectivity index (χ0) is 23.2. The molecular formula is C25H27N3O4S. The zero-order valence-corrected chi connectivity index (χ0v) is 19.5. The topological polar surface area (TPSA) is 95.6 Å². The minimum atomic E-state index is -0.841. The first kappa shape index (κ1) is 21.8.